The van der Waals surface area contributed by atoms with Crippen molar-refractivity contribution < 1.29 is 19.4 Å². The summed E-state index contributed by atoms with van der Waals surface area (Å²) in [5, 5.41) is 11.1. The van der Waals surface area contributed by atoms with Gasteiger partial charge in [0.25, 0.3) is 0 Å². The number of thiophene rings is 1. The zero-order chi connectivity index (χ0) is 13.8. The second kappa shape index (κ2) is 5.85. The van der Waals surface area contributed by atoms with Gasteiger partial charge in [0.15, 0.2) is 0 Å². The van der Waals surface area contributed by atoms with Crippen molar-refractivity contribution >= 4 is 35.0 Å². The topological polar surface area (TPSA) is 76.5 Å². The van der Waals surface area contributed by atoms with Crippen LogP contribution >= 0.6 is 23.1 Å². The van der Waals surface area contributed by atoms with Gasteiger partial charge in [-0.25, -0.2) is 14.6 Å². The van der Waals surface area contributed by atoms with Crippen LogP contribution in [0.15, 0.2) is 39.7 Å². The van der Waals surface area contributed by atoms with Crippen LogP contribution < -0.4 is 0 Å². The Labute approximate surface area is 117 Å². The first-order valence-corrected chi connectivity index (χ1v) is 6.84. The van der Waals surface area contributed by atoms with Crippen LogP contribution in [0.3, 0.4) is 0 Å². The fraction of sp³-hybridized carbons (Fsp3) is 0.0833. The third kappa shape index (κ3) is 3.12. The quantitative estimate of drug-likeness (QED) is 0.874. The lowest BCUT2D eigenvalue weighted by atomic mass is 10.3. The van der Waals surface area contributed by atoms with Crippen LogP contribution in [0, 0.1) is 0 Å². The number of pyridine rings is 1. The number of nitrogens with zero attached hydrogens (tertiary/aromatic N) is 1. The maximum Gasteiger partial charge on any atom is 0.345 e. The summed E-state index contributed by atoms with van der Waals surface area (Å²) in [4.78, 5) is 27.5. The molecular formula is C12H9NO4S2. The van der Waals surface area contributed by atoms with Gasteiger partial charge < -0.3 is 9.84 Å². The number of hydrogen-bond donors (Lipinski definition) is 1. The SMILES string of the molecule is COC(=O)c1cccnc1Sc1csc(C(=O)O)c1. The normalized spacial score (nSPS) is 10.2. The van der Waals surface area contributed by atoms with Crippen molar-refractivity contribution in [1.82, 2.24) is 4.98 Å². The molecule has 0 aliphatic heterocycles. The highest BCUT2D eigenvalue weighted by atomic mass is 32.2. The van der Waals surface area contributed by atoms with E-state index in [1.54, 1.807) is 29.8 Å². The minimum Gasteiger partial charge on any atom is -0.477 e. The predicted octanol–water partition coefficient (Wildman–Crippen LogP) is 2.78. The fourth-order valence-electron chi connectivity index (χ4n) is 1.33. The zero-order valence-corrected chi connectivity index (χ0v) is 11.5. The minimum atomic E-state index is -0.967. The lowest BCUT2D eigenvalue weighted by Crippen LogP contribution is -2.03. The zero-order valence-electron chi connectivity index (χ0n) is 9.82. The molecule has 0 unspecified atom stereocenters. The molecule has 0 aliphatic rings. The summed E-state index contributed by atoms with van der Waals surface area (Å²) < 4.78 is 4.67. The van der Waals surface area contributed by atoms with Crippen LogP contribution in [0.25, 0.3) is 0 Å². The number of esters is 1. The summed E-state index contributed by atoms with van der Waals surface area (Å²) in [6.07, 6.45) is 1.57. The van der Waals surface area contributed by atoms with Gasteiger partial charge in [-0.05, 0) is 18.2 Å². The molecule has 0 bridgehead atoms. The number of hydrogen-bond acceptors (Lipinski definition) is 6. The number of carboxylic acid groups (broad SMARTS) is 1. The van der Waals surface area contributed by atoms with Gasteiger partial charge in [-0.15, -0.1) is 11.3 Å². The molecule has 0 fully saturated rings. The van der Waals surface area contributed by atoms with Gasteiger partial charge in [0, 0.05) is 16.5 Å². The molecule has 7 heteroatoms. The first kappa shape index (κ1) is 13.6. The fourth-order valence-corrected chi connectivity index (χ4v) is 3.13. The standard InChI is InChI=1S/C12H9NO4S2/c1-17-12(16)8-3-2-4-13-10(8)19-7-5-9(11(14)15)18-6-7/h2-6H,1H3,(H,14,15). The highest BCUT2D eigenvalue weighted by Crippen LogP contribution is 2.32. The molecule has 2 aromatic heterocycles. The molecular weight excluding hydrogens is 286 g/mol. The van der Waals surface area contributed by atoms with E-state index in [9.17, 15) is 9.59 Å². The van der Waals surface area contributed by atoms with Crippen molar-refractivity contribution in [3.8, 4) is 0 Å². The van der Waals surface area contributed by atoms with E-state index in [0.29, 0.717) is 10.6 Å². The molecule has 98 valence electrons. The smallest absolute Gasteiger partial charge is 0.345 e. The molecule has 2 heterocycles. The molecule has 5 nitrogen and oxygen atoms in total. The molecule has 0 saturated heterocycles. The second-order valence-corrected chi connectivity index (χ2v) is 5.38. The van der Waals surface area contributed by atoms with Crippen LogP contribution in [-0.4, -0.2) is 29.1 Å². The molecule has 0 aliphatic carbocycles. The maximum absolute atomic E-state index is 11.6. The van der Waals surface area contributed by atoms with Crippen LogP contribution in [0.5, 0.6) is 0 Å². The molecule has 2 rings (SSSR count). The lowest BCUT2D eigenvalue weighted by Gasteiger charge is -2.04. The van der Waals surface area contributed by atoms with Gasteiger partial charge >= 0.3 is 11.9 Å². The average molecular weight is 295 g/mol. The van der Waals surface area contributed by atoms with E-state index in [-0.39, 0.29) is 4.88 Å². The summed E-state index contributed by atoms with van der Waals surface area (Å²) in [5.74, 6) is -1.43. The third-order valence-electron chi connectivity index (χ3n) is 2.18. The van der Waals surface area contributed by atoms with Gasteiger partial charge in [-0.3, -0.25) is 0 Å². The first-order chi connectivity index (χ1) is 9.11. The maximum atomic E-state index is 11.6. The third-order valence-corrected chi connectivity index (χ3v) is 4.23. The summed E-state index contributed by atoms with van der Waals surface area (Å²) in [5.41, 5.74) is 0.359. The molecule has 2 aromatic rings. The van der Waals surface area contributed by atoms with E-state index in [1.807, 2.05) is 0 Å². The monoisotopic (exact) mass is 295 g/mol. The van der Waals surface area contributed by atoms with E-state index in [1.165, 1.54) is 18.9 Å². The Hall–Kier alpha value is -1.86. The number of ether oxygens (including phenoxy) is 1. The van der Waals surface area contributed by atoms with Crippen LogP contribution in [0.2, 0.25) is 0 Å². The van der Waals surface area contributed by atoms with Crippen molar-refractivity contribution in [2.45, 2.75) is 9.92 Å². The van der Waals surface area contributed by atoms with Gasteiger partial charge in [0.05, 0.1) is 12.7 Å². The Balaban J connectivity index is 2.27. The molecule has 0 spiro atoms. The molecule has 0 atom stereocenters. The first-order valence-electron chi connectivity index (χ1n) is 5.15. The van der Waals surface area contributed by atoms with Gasteiger partial charge in [-0.1, -0.05) is 11.8 Å². The largest absolute Gasteiger partial charge is 0.477 e. The highest BCUT2D eigenvalue weighted by Gasteiger charge is 2.15. The predicted molar refractivity (Wildman–Crippen MR) is 71.0 cm³/mol. The molecule has 0 amide bonds. The Morgan fingerprint density at radius 2 is 2.26 bits per heavy atom. The van der Waals surface area contributed by atoms with Crippen molar-refractivity contribution in [2.24, 2.45) is 0 Å². The minimum absolute atomic E-state index is 0.248. The van der Waals surface area contributed by atoms with Crippen molar-refractivity contribution in [1.29, 1.82) is 0 Å². The molecule has 0 saturated carbocycles. The molecule has 0 aromatic carbocycles. The molecule has 19 heavy (non-hydrogen) atoms. The van der Waals surface area contributed by atoms with E-state index in [0.717, 1.165) is 16.2 Å². The highest BCUT2D eigenvalue weighted by molar-refractivity contribution is 7.99. The van der Waals surface area contributed by atoms with Crippen molar-refractivity contribution in [2.75, 3.05) is 7.11 Å². The Morgan fingerprint density at radius 1 is 1.47 bits per heavy atom. The number of aromatic nitrogens is 1. The Bertz CT molecular complexity index is 624. The van der Waals surface area contributed by atoms with Crippen molar-refractivity contribution in [3.05, 3.63) is 40.2 Å². The van der Waals surface area contributed by atoms with E-state index >= 15 is 0 Å². The van der Waals surface area contributed by atoms with Crippen LogP contribution in [0.1, 0.15) is 20.0 Å². The van der Waals surface area contributed by atoms with Crippen LogP contribution in [0.4, 0.5) is 0 Å². The Kier molecular flexibility index (Phi) is 4.18. The van der Waals surface area contributed by atoms with Gasteiger partial charge in [0.1, 0.15) is 9.90 Å². The van der Waals surface area contributed by atoms with E-state index < -0.39 is 11.9 Å². The number of carboxylic acids is 1. The van der Waals surface area contributed by atoms with Crippen LogP contribution in [-0.2, 0) is 4.74 Å². The summed E-state index contributed by atoms with van der Waals surface area (Å²) in [6.45, 7) is 0. The number of carbonyl (C=O) groups is 2. The molecule has 1 N–H and O–H groups in total. The Morgan fingerprint density at radius 3 is 2.89 bits per heavy atom. The number of methoxy groups -OCH3 is 1. The van der Waals surface area contributed by atoms with Crippen molar-refractivity contribution in [3.63, 3.8) is 0 Å². The summed E-state index contributed by atoms with van der Waals surface area (Å²) >= 11 is 2.36. The average Bonchev–Trinajstić information content (AvgIpc) is 2.87. The number of rotatable bonds is 4. The number of carbonyl (C=O) groups excluding carboxylic acids is 1. The number of aromatic carboxylic acids is 1. The second-order valence-electron chi connectivity index (χ2n) is 3.40. The van der Waals surface area contributed by atoms with Gasteiger partial charge in [0.2, 0.25) is 0 Å². The molecule has 0 radical (unpaired) electrons. The van der Waals surface area contributed by atoms with E-state index in [2.05, 4.69) is 9.72 Å². The summed E-state index contributed by atoms with van der Waals surface area (Å²) in [7, 11) is 1.30. The van der Waals surface area contributed by atoms with Gasteiger partial charge in [-0.2, -0.15) is 0 Å². The van der Waals surface area contributed by atoms with E-state index in [4.69, 9.17) is 5.11 Å². The summed E-state index contributed by atoms with van der Waals surface area (Å²) in [6, 6.07) is 4.81. The lowest BCUT2D eigenvalue weighted by molar-refractivity contribution is 0.0595.